The number of hydrogen-bond donors (Lipinski definition) is 0. The Morgan fingerprint density at radius 3 is 1.95 bits per heavy atom. The van der Waals surface area contributed by atoms with Crippen LogP contribution >= 0.6 is 11.3 Å². The van der Waals surface area contributed by atoms with E-state index in [-0.39, 0.29) is 0 Å². The Balaban J connectivity index is 1.47. The first-order valence-electron chi connectivity index (χ1n) is 14.7. The maximum absolute atomic E-state index is 2.52. The van der Waals surface area contributed by atoms with Gasteiger partial charge in [-0.05, 0) is 59.3 Å². The highest BCUT2D eigenvalue weighted by molar-refractivity contribution is 7.25. The van der Waals surface area contributed by atoms with E-state index in [1.165, 1.54) is 85.9 Å². The SMILES string of the molecule is c1ccc(-n2c3ccccc3c3ccc4c5c6ccccc6ccc5n(-c5ccc6sc7ccccc7c6c5)c4c32)cc1. The van der Waals surface area contributed by atoms with Crippen molar-refractivity contribution < 1.29 is 0 Å². The summed E-state index contributed by atoms with van der Waals surface area (Å²) in [5.41, 5.74) is 7.27. The third-order valence-corrected chi connectivity index (χ3v) is 10.2. The summed E-state index contributed by atoms with van der Waals surface area (Å²) in [6, 6.07) is 53.4. The second-order valence-electron chi connectivity index (χ2n) is 11.3. The summed E-state index contributed by atoms with van der Waals surface area (Å²) in [6.07, 6.45) is 0. The molecule has 0 bridgehead atoms. The summed E-state index contributed by atoms with van der Waals surface area (Å²) in [6.45, 7) is 0. The lowest BCUT2D eigenvalue weighted by Crippen LogP contribution is -1.98. The zero-order chi connectivity index (χ0) is 28.1. The summed E-state index contributed by atoms with van der Waals surface area (Å²) >= 11 is 1.87. The molecule has 0 aliphatic carbocycles. The zero-order valence-electron chi connectivity index (χ0n) is 23.2. The van der Waals surface area contributed by atoms with Crippen LogP contribution in [-0.4, -0.2) is 9.13 Å². The maximum Gasteiger partial charge on any atom is 0.0789 e. The van der Waals surface area contributed by atoms with Crippen LogP contribution in [-0.2, 0) is 0 Å². The highest BCUT2D eigenvalue weighted by Crippen LogP contribution is 2.44. The molecule has 0 fully saturated rings. The fraction of sp³-hybridized carbons (Fsp3) is 0. The molecule has 0 aliphatic heterocycles. The number of fused-ring (bicyclic) bond motifs is 12. The Labute approximate surface area is 251 Å². The first kappa shape index (κ1) is 23.2. The predicted octanol–water partition coefficient (Wildman–Crippen LogP) is 11.4. The van der Waals surface area contributed by atoms with Gasteiger partial charge in [0.2, 0.25) is 0 Å². The molecule has 10 aromatic rings. The summed E-state index contributed by atoms with van der Waals surface area (Å²) in [5, 5.41) is 10.3. The molecule has 0 saturated heterocycles. The van der Waals surface area contributed by atoms with E-state index in [1.807, 2.05) is 11.3 Å². The van der Waals surface area contributed by atoms with Gasteiger partial charge in [0.25, 0.3) is 0 Å². The molecule has 10 rings (SSSR count). The summed E-state index contributed by atoms with van der Waals surface area (Å²) in [7, 11) is 0. The third kappa shape index (κ3) is 3.12. The minimum absolute atomic E-state index is 1.17. The molecule has 0 amide bonds. The van der Waals surface area contributed by atoms with E-state index in [0.29, 0.717) is 0 Å². The average Bonchev–Trinajstić information content (AvgIpc) is 3.72. The number of thiophene rings is 1. The molecular weight excluding hydrogens is 541 g/mol. The molecule has 2 nitrogen and oxygen atoms in total. The number of nitrogens with zero attached hydrogens (tertiary/aromatic N) is 2. The van der Waals surface area contributed by atoms with Crippen molar-refractivity contribution in [3.63, 3.8) is 0 Å². The van der Waals surface area contributed by atoms with Gasteiger partial charge >= 0.3 is 0 Å². The molecule has 43 heavy (non-hydrogen) atoms. The lowest BCUT2D eigenvalue weighted by Gasteiger charge is -2.13. The van der Waals surface area contributed by atoms with Crippen LogP contribution in [0, 0.1) is 0 Å². The van der Waals surface area contributed by atoms with Crippen molar-refractivity contribution in [2.45, 2.75) is 0 Å². The molecular formula is C40H24N2S. The monoisotopic (exact) mass is 564 g/mol. The Kier molecular flexibility index (Phi) is 4.63. The Bertz CT molecular complexity index is 2720. The van der Waals surface area contributed by atoms with Crippen molar-refractivity contribution in [3.05, 3.63) is 146 Å². The fourth-order valence-corrected chi connectivity index (χ4v) is 8.37. The number of para-hydroxylation sites is 2. The van der Waals surface area contributed by atoms with Gasteiger partial charge in [0.15, 0.2) is 0 Å². The first-order valence-corrected chi connectivity index (χ1v) is 15.5. The molecule has 0 spiro atoms. The fourth-order valence-electron chi connectivity index (χ4n) is 7.28. The van der Waals surface area contributed by atoms with Gasteiger partial charge in [-0.2, -0.15) is 0 Å². The van der Waals surface area contributed by atoms with Crippen LogP contribution in [0.2, 0.25) is 0 Å². The summed E-state index contributed by atoms with van der Waals surface area (Å²) in [4.78, 5) is 0. The molecule has 3 aromatic heterocycles. The number of benzene rings is 7. The lowest BCUT2D eigenvalue weighted by molar-refractivity contribution is 1.15. The van der Waals surface area contributed by atoms with Crippen molar-refractivity contribution in [3.8, 4) is 11.4 Å². The van der Waals surface area contributed by atoms with Gasteiger partial charge in [-0.15, -0.1) is 11.3 Å². The second-order valence-corrected chi connectivity index (χ2v) is 12.4. The van der Waals surface area contributed by atoms with Gasteiger partial charge in [0, 0.05) is 53.1 Å². The topological polar surface area (TPSA) is 9.86 Å². The number of hydrogen-bond acceptors (Lipinski definition) is 1. The predicted molar refractivity (Wildman–Crippen MR) is 186 cm³/mol. The van der Waals surface area contributed by atoms with Crippen molar-refractivity contribution in [1.82, 2.24) is 9.13 Å². The molecule has 0 N–H and O–H groups in total. The summed E-state index contributed by atoms with van der Waals surface area (Å²) in [5.74, 6) is 0. The highest BCUT2D eigenvalue weighted by Gasteiger charge is 2.22. The van der Waals surface area contributed by atoms with Crippen LogP contribution in [0.3, 0.4) is 0 Å². The molecule has 0 unspecified atom stereocenters. The molecule has 0 saturated carbocycles. The van der Waals surface area contributed by atoms with E-state index >= 15 is 0 Å². The number of rotatable bonds is 2. The van der Waals surface area contributed by atoms with E-state index in [9.17, 15) is 0 Å². The van der Waals surface area contributed by atoms with Crippen LogP contribution in [0.15, 0.2) is 146 Å². The van der Waals surface area contributed by atoms with Crippen molar-refractivity contribution in [2.75, 3.05) is 0 Å². The van der Waals surface area contributed by atoms with Crippen molar-refractivity contribution in [1.29, 1.82) is 0 Å². The average molecular weight is 565 g/mol. The van der Waals surface area contributed by atoms with E-state index in [4.69, 9.17) is 0 Å². The smallest absolute Gasteiger partial charge is 0.0789 e. The molecule has 0 radical (unpaired) electrons. The van der Waals surface area contributed by atoms with Crippen LogP contribution in [0.4, 0.5) is 0 Å². The van der Waals surface area contributed by atoms with E-state index in [1.54, 1.807) is 0 Å². The zero-order valence-corrected chi connectivity index (χ0v) is 24.0. The van der Waals surface area contributed by atoms with Crippen LogP contribution in [0.5, 0.6) is 0 Å². The Hall–Kier alpha value is -5.38. The van der Waals surface area contributed by atoms with E-state index < -0.39 is 0 Å². The minimum atomic E-state index is 1.17. The van der Waals surface area contributed by atoms with Gasteiger partial charge in [0.05, 0.1) is 22.1 Å². The van der Waals surface area contributed by atoms with Gasteiger partial charge in [0.1, 0.15) is 0 Å². The minimum Gasteiger partial charge on any atom is -0.307 e. The molecule has 0 aliphatic rings. The molecule has 200 valence electrons. The van der Waals surface area contributed by atoms with Gasteiger partial charge in [-0.3, -0.25) is 0 Å². The third-order valence-electron chi connectivity index (χ3n) is 9.08. The summed E-state index contributed by atoms with van der Waals surface area (Å²) < 4.78 is 7.63. The lowest BCUT2D eigenvalue weighted by atomic mass is 10.0. The van der Waals surface area contributed by atoms with E-state index in [0.717, 1.165) is 0 Å². The molecule has 0 atom stereocenters. The molecule has 3 heteroatoms. The largest absolute Gasteiger partial charge is 0.307 e. The second kappa shape index (κ2) is 8.57. The highest BCUT2D eigenvalue weighted by atomic mass is 32.1. The van der Waals surface area contributed by atoms with Gasteiger partial charge in [-0.1, -0.05) is 97.1 Å². The van der Waals surface area contributed by atoms with Gasteiger partial charge in [-0.25, -0.2) is 0 Å². The number of aromatic nitrogens is 2. The van der Waals surface area contributed by atoms with Crippen LogP contribution in [0.1, 0.15) is 0 Å². The van der Waals surface area contributed by atoms with Crippen LogP contribution < -0.4 is 0 Å². The van der Waals surface area contributed by atoms with Gasteiger partial charge < -0.3 is 9.13 Å². The van der Waals surface area contributed by atoms with Crippen molar-refractivity contribution in [2.24, 2.45) is 0 Å². The standard InChI is InChI=1S/C40H24N2S/c1-2-11-26(12-3-1)41-34-16-8-6-14-29(34)31-20-21-32-38-28-13-5-4-10-25(28)18-22-35(38)42(40(32)39(31)41)27-19-23-37-33(24-27)30-15-7-9-17-36(30)43-37/h1-24H. The normalized spacial score (nSPS) is 12.2. The van der Waals surface area contributed by atoms with E-state index in [2.05, 4.69) is 155 Å². The van der Waals surface area contributed by atoms with Crippen LogP contribution in [0.25, 0.3) is 85.9 Å². The quantitative estimate of drug-likeness (QED) is 0.198. The molecule has 3 heterocycles. The Morgan fingerprint density at radius 2 is 1.05 bits per heavy atom. The molecule has 7 aromatic carbocycles. The van der Waals surface area contributed by atoms with Crippen molar-refractivity contribution >= 4 is 85.9 Å². The first-order chi connectivity index (χ1) is 21.3. The maximum atomic E-state index is 2.52. The Morgan fingerprint density at radius 1 is 0.372 bits per heavy atom.